The third-order valence-corrected chi connectivity index (χ3v) is 21.3. The summed E-state index contributed by atoms with van der Waals surface area (Å²) in [5.41, 5.74) is 0. The molecule has 0 amide bonds. The van der Waals surface area contributed by atoms with Gasteiger partial charge in [-0.05, 0) is 161 Å². The van der Waals surface area contributed by atoms with Crippen LogP contribution in [0.5, 0.6) is 0 Å². The van der Waals surface area contributed by atoms with Crippen LogP contribution in [0.2, 0.25) is 0 Å². The number of phosphoric acid groups is 2. The summed E-state index contributed by atoms with van der Waals surface area (Å²) in [4.78, 5) is 59.0. The molecule has 0 saturated heterocycles. The van der Waals surface area contributed by atoms with E-state index in [1.54, 1.807) is 0 Å². The number of allylic oxidation sites excluding steroid dienone is 28. The van der Waals surface area contributed by atoms with Gasteiger partial charge in [-0.2, -0.15) is 0 Å². The van der Waals surface area contributed by atoms with Gasteiger partial charge in [-0.3, -0.25) is 32.5 Å². The second kappa shape index (κ2) is 90.2. The molecule has 0 bridgehead atoms. The largest absolute Gasteiger partial charge is 0.472 e. The first-order chi connectivity index (χ1) is 57.2. The van der Waals surface area contributed by atoms with Gasteiger partial charge in [0.1, 0.15) is 25.4 Å². The Hall–Kier alpha value is -5.09. The minimum atomic E-state index is -4.96. The van der Waals surface area contributed by atoms with Crippen LogP contribution in [0.3, 0.4) is 0 Å². The Labute approximate surface area is 713 Å². The average Bonchev–Trinajstić information content (AvgIpc) is 0.900. The first kappa shape index (κ1) is 112. The van der Waals surface area contributed by atoms with Crippen LogP contribution in [0.25, 0.3) is 0 Å². The maximum atomic E-state index is 13.0. The van der Waals surface area contributed by atoms with Crippen LogP contribution in [0.15, 0.2) is 170 Å². The fourth-order valence-corrected chi connectivity index (χ4v) is 14.0. The molecule has 5 atom stereocenters. The number of hydrogen-bond donors (Lipinski definition) is 4. The first-order valence-corrected chi connectivity index (χ1v) is 49.4. The van der Waals surface area contributed by atoms with E-state index in [1.807, 2.05) is 0 Å². The molecule has 0 rings (SSSR count). The highest BCUT2D eigenvalue weighted by atomic mass is 31.2. The summed E-state index contributed by atoms with van der Waals surface area (Å²) < 4.78 is 61.4. The molecular formula is C99H168O16P2. The second-order valence-electron chi connectivity index (χ2n) is 30.7. The minimum Gasteiger partial charge on any atom is -0.463 e. The van der Waals surface area contributed by atoms with E-state index in [-0.39, 0.29) is 19.3 Å². The van der Waals surface area contributed by atoms with Gasteiger partial charge >= 0.3 is 33.6 Å². The fraction of sp³-hybridized carbons (Fsp3) is 0.687. The van der Waals surface area contributed by atoms with Crippen LogP contribution in [-0.4, -0.2) is 95.9 Å². The van der Waals surface area contributed by atoms with Crippen molar-refractivity contribution in [3.8, 4) is 0 Å². The van der Waals surface area contributed by atoms with Crippen molar-refractivity contribution in [3.63, 3.8) is 0 Å². The van der Waals surface area contributed by atoms with Crippen molar-refractivity contribution in [2.45, 2.75) is 399 Å². The van der Waals surface area contributed by atoms with Crippen molar-refractivity contribution in [1.29, 1.82) is 0 Å². The van der Waals surface area contributed by atoms with E-state index in [4.69, 9.17) is 32.3 Å². The van der Waals surface area contributed by atoms with Gasteiger partial charge in [-0.15, -0.1) is 0 Å². The van der Waals surface area contributed by atoms with Crippen molar-refractivity contribution in [2.75, 3.05) is 39.6 Å². The number of aliphatic hydroxyl groups is 2. The van der Waals surface area contributed by atoms with Crippen LogP contribution >= 0.6 is 15.6 Å². The van der Waals surface area contributed by atoms with Crippen LogP contribution < -0.4 is 0 Å². The monoisotopic (exact) mass is 1680 g/mol. The summed E-state index contributed by atoms with van der Waals surface area (Å²) >= 11 is 0. The Kier molecular flexibility index (Phi) is 86.2. The van der Waals surface area contributed by atoms with Crippen molar-refractivity contribution >= 4 is 33.6 Å². The number of phosphoric ester groups is 2. The summed E-state index contributed by atoms with van der Waals surface area (Å²) in [5.74, 6) is -1.62. The maximum Gasteiger partial charge on any atom is 0.472 e. The zero-order valence-corrected chi connectivity index (χ0v) is 75.6. The van der Waals surface area contributed by atoms with Crippen molar-refractivity contribution in [2.24, 2.45) is 0 Å². The first-order valence-electron chi connectivity index (χ1n) is 46.4. The topological polar surface area (TPSA) is 231 Å². The minimum absolute atomic E-state index is 0.0448. The molecule has 0 heterocycles. The predicted octanol–water partition coefficient (Wildman–Crippen LogP) is 28.7. The van der Waals surface area contributed by atoms with Gasteiger partial charge in [0.25, 0.3) is 0 Å². The van der Waals surface area contributed by atoms with E-state index in [0.29, 0.717) is 25.7 Å². The number of aliphatic hydroxyl groups excluding tert-OH is 2. The molecule has 5 unspecified atom stereocenters. The molecular weight excluding hydrogens is 1510 g/mol. The number of hydrogen-bond acceptors (Lipinski definition) is 14. The molecule has 0 radical (unpaired) electrons. The molecule has 4 N–H and O–H groups in total. The zero-order chi connectivity index (χ0) is 85.1. The Balaban J connectivity index is 4.62. The normalized spacial score (nSPS) is 14.6. The number of carbonyl (C=O) groups excluding carboxylic acids is 3. The van der Waals surface area contributed by atoms with Crippen LogP contribution in [0.1, 0.15) is 380 Å². The third kappa shape index (κ3) is 91.5. The van der Waals surface area contributed by atoms with E-state index in [0.717, 1.165) is 135 Å². The molecule has 18 heteroatoms. The van der Waals surface area contributed by atoms with Crippen LogP contribution in [0, 0.1) is 0 Å². The van der Waals surface area contributed by atoms with Crippen molar-refractivity contribution < 1.29 is 75.8 Å². The third-order valence-electron chi connectivity index (χ3n) is 19.4. The molecule has 0 aromatic carbocycles. The molecule has 0 fully saturated rings. The molecule has 0 spiro atoms. The second-order valence-corrected chi connectivity index (χ2v) is 33.6. The molecule has 0 saturated carbocycles. The summed E-state index contributed by atoms with van der Waals surface area (Å²) in [6.07, 6.45) is 117. The molecule has 0 aliphatic heterocycles. The van der Waals surface area contributed by atoms with E-state index < -0.39 is 91.5 Å². The van der Waals surface area contributed by atoms with Crippen LogP contribution in [0.4, 0.5) is 0 Å². The lowest BCUT2D eigenvalue weighted by Gasteiger charge is -2.21. The van der Waals surface area contributed by atoms with Crippen molar-refractivity contribution in [3.05, 3.63) is 170 Å². The highest BCUT2D eigenvalue weighted by Gasteiger charge is 2.29. The van der Waals surface area contributed by atoms with Crippen LogP contribution in [-0.2, 0) is 55.8 Å². The molecule has 0 aliphatic carbocycles. The SMILES string of the molecule is CC/C=C\C/C=C\C/C=C\C/C=C\C/C=C\C/C=C\CCCCC(=O)OC(COC(=O)CCCCCCCCCCCCCCC/C=C\C/C=C\C/C=C\C/C=C\CCCCC)COP(=O)(O)OCC(O)COP(=O)(O)OCC(O)COC(=O)CCCCCCCCCCCCCCCCC/C=C\C/C=C\C/C=C\C/C=C\CCCCC. The standard InChI is InChI=1S/C99H168O16P2/c1-4-7-10-13-16-19-22-25-28-31-34-37-39-41-43-45-46-48-50-51-53-56-58-61-64-67-70-73-76-79-82-85-97(102)109-88-94(100)89-111-116(105,106)112-90-95(101)91-113-117(107,108)114-93-96(115-99(104)87-84-81-78-75-72-69-66-63-60-55-36-33-30-27-24-21-18-15-12-9-6-3)92-110-98(103)86-83-80-77-74-71-68-65-62-59-57-54-52-49-47-44-42-40-38-35-32-29-26-23-20-17-14-11-8-5-2/h9,12,16-21,25-30,34-38,41-44,55,63,66,72,75,94-96,100-101H,4-8,10-11,13-15,22-24,31-33,39-40,45-54,56-62,64-65,67-71,73-74,76-93H2,1-3H3,(H,105,106)(H,107,108)/b12-9-,19-16-,20-17-,21-18-,28-25-,29-26-,30-27-,37-34-,38-35-,43-41-,44-42-,55-36-,66-63-,75-72-. The number of unbranched alkanes of at least 4 members (excludes halogenated alkanes) is 36. The highest BCUT2D eigenvalue weighted by molar-refractivity contribution is 7.47. The molecule has 670 valence electrons. The molecule has 117 heavy (non-hydrogen) atoms. The van der Waals surface area contributed by atoms with E-state index >= 15 is 0 Å². The highest BCUT2D eigenvalue weighted by Crippen LogP contribution is 2.45. The lowest BCUT2D eigenvalue weighted by molar-refractivity contribution is -0.161. The summed E-state index contributed by atoms with van der Waals surface area (Å²) in [5, 5.41) is 20.7. The van der Waals surface area contributed by atoms with Gasteiger partial charge in [0.15, 0.2) is 6.10 Å². The Bertz CT molecular complexity index is 2810. The van der Waals surface area contributed by atoms with Crippen molar-refractivity contribution in [1.82, 2.24) is 0 Å². The number of rotatable bonds is 87. The Morgan fingerprint density at radius 1 is 0.248 bits per heavy atom. The number of carbonyl (C=O) groups is 3. The van der Waals surface area contributed by atoms with Gasteiger partial charge in [-0.25, -0.2) is 9.13 Å². The fourth-order valence-electron chi connectivity index (χ4n) is 12.4. The van der Waals surface area contributed by atoms with E-state index in [1.165, 1.54) is 180 Å². The van der Waals surface area contributed by atoms with Gasteiger partial charge < -0.3 is 34.2 Å². The Morgan fingerprint density at radius 2 is 0.453 bits per heavy atom. The molecule has 0 aliphatic rings. The van der Waals surface area contributed by atoms with E-state index in [9.17, 15) is 43.5 Å². The van der Waals surface area contributed by atoms with E-state index in [2.05, 4.69) is 191 Å². The zero-order valence-electron chi connectivity index (χ0n) is 73.8. The van der Waals surface area contributed by atoms with Gasteiger partial charge in [0.2, 0.25) is 0 Å². The summed E-state index contributed by atoms with van der Waals surface area (Å²) in [7, 11) is -9.83. The summed E-state index contributed by atoms with van der Waals surface area (Å²) in [6, 6.07) is 0. The smallest absolute Gasteiger partial charge is 0.463 e. The Morgan fingerprint density at radius 3 is 0.735 bits per heavy atom. The average molecular weight is 1680 g/mol. The lowest BCUT2D eigenvalue weighted by atomic mass is 10.0. The molecule has 16 nitrogen and oxygen atoms in total. The quantitative estimate of drug-likeness (QED) is 0.0146. The van der Waals surface area contributed by atoms with Gasteiger partial charge in [-0.1, -0.05) is 371 Å². The predicted molar refractivity (Wildman–Crippen MR) is 491 cm³/mol. The van der Waals surface area contributed by atoms with Gasteiger partial charge in [0.05, 0.1) is 26.4 Å². The van der Waals surface area contributed by atoms with Gasteiger partial charge in [0, 0.05) is 19.3 Å². The lowest BCUT2D eigenvalue weighted by Crippen LogP contribution is -2.30. The molecule has 0 aromatic heterocycles. The molecule has 0 aromatic rings. The number of esters is 3. The summed E-state index contributed by atoms with van der Waals surface area (Å²) in [6.45, 7) is 2.50. The number of ether oxygens (including phenoxy) is 3. The maximum absolute atomic E-state index is 13.0.